The average Bonchev–Trinajstić information content (AvgIpc) is 3.26. The molecule has 0 saturated carbocycles. The van der Waals surface area contributed by atoms with Gasteiger partial charge in [-0.3, -0.25) is 14.4 Å². The summed E-state index contributed by atoms with van der Waals surface area (Å²) in [5, 5.41) is 0.576. The third-order valence-corrected chi connectivity index (χ3v) is 7.33. The fourth-order valence-corrected chi connectivity index (χ4v) is 5.63. The van der Waals surface area contributed by atoms with Gasteiger partial charge in [-0.25, -0.2) is 0 Å². The lowest BCUT2D eigenvalue weighted by Gasteiger charge is -2.33. The van der Waals surface area contributed by atoms with E-state index in [9.17, 15) is 14.4 Å². The molecule has 4 aromatic rings. The zero-order valence-corrected chi connectivity index (χ0v) is 20.2. The first-order valence-electron chi connectivity index (χ1n) is 11.5. The number of nitrogens with zero attached hydrogens (tertiary/aromatic N) is 2. The van der Waals surface area contributed by atoms with E-state index in [4.69, 9.17) is 16.0 Å². The molecule has 3 aromatic carbocycles. The van der Waals surface area contributed by atoms with Gasteiger partial charge in [0.15, 0.2) is 11.0 Å². The normalized spacial score (nSPS) is 18.3. The van der Waals surface area contributed by atoms with Crippen LogP contribution < -0.4 is 10.3 Å². The molecule has 0 saturated heterocycles. The summed E-state index contributed by atoms with van der Waals surface area (Å²) < 4.78 is 6.00. The van der Waals surface area contributed by atoms with Crippen molar-refractivity contribution in [2.24, 2.45) is 0 Å². The van der Waals surface area contributed by atoms with Gasteiger partial charge in [0.25, 0.3) is 11.8 Å². The Morgan fingerprint density at radius 1 is 1.03 bits per heavy atom. The van der Waals surface area contributed by atoms with E-state index in [1.54, 1.807) is 35.2 Å². The van der Waals surface area contributed by atoms with Crippen LogP contribution in [0.3, 0.4) is 0 Å². The van der Waals surface area contributed by atoms with E-state index >= 15 is 0 Å². The van der Waals surface area contributed by atoms with Crippen molar-refractivity contribution in [1.82, 2.24) is 4.90 Å². The number of rotatable bonds is 4. The topological polar surface area (TPSA) is 70.8 Å². The molecule has 7 heteroatoms. The Kier molecular flexibility index (Phi) is 4.92. The quantitative estimate of drug-likeness (QED) is 0.365. The van der Waals surface area contributed by atoms with Crippen LogP contribution in [0.25, 0.3) is 11.0 Å². The summed E-state index contributed by atoms with van der Waals surface area (Å²) in [5.41, 5.74) is 1.35. The molecule has 1 aromatic heterocycles. The molecule has 2 amide bonds. The molecule has 1 unspecified atom stereocenters. The summed E-state index contributed by atoms with van der Waals surface area (Å²) in [6, 6.07) is 19.8. The van der Waals surface area contributed by atoms with Crippen LogP contribution in [0, 0.1) is 6.92 Å². The first-order valence-corrected chi connectivity index (χ1v) is 11.9. The maximum absolute atomic E-state index is 14.5. The van der Waals surface area contributed by atoms with Crippen LogP contribution in [0.2, 0.25) is 5.02 Å². The van der Waals surface area contributed by atoms with Crippen molar-refractivity contribution in [2.75, 3.05) is 11.4 Å². The van der Waals surface area contributed by atoms with E-state index in [2.05, 4.69) is 6.58 Å². The number of anilines is 1. The van der Waals surface area contributed by atoms with Crippen LogP contribution >= 0.6 is 11.6 Å². The molecule has 2 aliphatic rings. The van der Waals surface area contributed by atoms with Crippen LogP contribution in [-0.4, -0.2) is 23.3 Å². The molecule has 0 N–H and O–H groups in total. The first-order chi connectivity index (χ1) is 17.4. The summed E-state index contributed by atoms with van der Waals surface area (Å²) in [6.45, 7) is 6.13. The van der Waals surface area contributed by atoms with E-state index in [1.165, 1.54) is 11.0 Å². The maximum Gasteiger partial charge on any atom is 0.291 e. The molecule has 1 atom stereocenters. The van der Waals surface area contributed by atoms with E-state index < -0.39 is 16.9 Å². The van der Waals surface area contributed by atoms with Crippen LogP contribution in [0.1, 0.15) is 32.8 Å². The maximum atomic E-state index is 14.5. The number of carbonyl (C=O) groups excluding carboxylic acids is 2. The van der Waals surface area contributed by atoms with Gasteiger partial charge in [-0.05, 0) is 42.3 Å². The number of aryl methyl sites for hydroxylation is 1. The number of halogens is 1. The lowest BCUT2D eigenvalue weighted by Crippen LogP contribution is -2.53. The molecule has 0 bridgehead atoms. The molecule has 0 aliphatic carbocycles. The molecule has 1 spiro atoms. The minimum absolute atomic E-state index is 0.0221. The van der Waals surface area contributed by atoms with E-state index in [-0.39, 0.29) is 34.7 Å². The SMILES string of the molecule is C=CCN1C(=O)c2oc3ccc(Cl)cc3c(=O)c2C12C(=O)N(Cc1ccccc1C)c1ccccc12. The Balaban J connectivity index is 1.67. The number of benzene rings is 3. The molecule has 0 radical (unpaired) electrons. The summed E-state index contributed by atoms with van der Waals surface area (Å²) >= 11 is 6.19. The average molecular weight is 497 g/mol. The second kappa shape index (κ2) is 7.93. The Bertz CT molecular complexity index is 1670. The van der Waals surface area contributed by atoms with Crippen molar-refractivity contribution in [1.29, 1.82) is 0 Å². The van der Waals surface area contributed by atoms with Gasteiger partial charge in [0.05, 0.1) is 23.2 Å². The van der Waals surface area contributed by atoms with Crippen molar-refractivity contribution in [3.63, 3.8) is 0 Å². The number of fused-ring (bicyclic) bond motifs is 5. The predicted molar refractivity (Wildman–Crippen MR) is 138 cm³/mol. The fraction of sp³-hybridized carbons (Fsp3) is 0.138. The second-order valence-corrected chi connectivity index (χ2v) is 9.46. The monoisotopic (exact) mass is 496 g/mol. The van der Waals surface area contributed by atoms with Crippen molar-refractivity contribution in [2.45, 2.75) is 19.0 Å². The first kappa shape index (κ1) is 22.3. The number of para-hydroxylation sites is 1. The van der Waals surface area contributed by atoms with Crippen LogP contribution in [0.4, 0.5) is 5.69 Å². The van der Waals surface area contributed by atoms with E-state index in [0.29, 0.717) is 22.8 Å². The second-order valence-electron chi connectivity index (χ2n) is 9.03. The molecule has 6 rings (SSSR count). The van der Waals surface area contributed by atoms with Gasteiger partial charge < -0.3 is 14.2 Å². The minimum Gasteiger partial charge on any atom is -0.450 e. The number of carbonyl (C=O) groups is 2. The lowest BCUT2D eigenvalue weighted by atomic mass is 9.84. The Morgan fingerprint density at radius 2 is 1.78 bits per heavy atom. The highest BCUT2D eigenvalue weighted by atomic mass is 35.5. The van der Waals surface area contributed by atoms with Crippen molar-refractivity contribution < 1.29 is 14.0 Å². The Morgan fingerprint density at radius 3 is 2.56 bits per heavy atom. The highest BCUT2D eigenvalue weighted by molar-refractivity contribution is 6.31. The van der Waals surface area contributed by atoms with Gasteiger partial charge in [-0.1, -0.05) is 60.1 Å². The zero-order chi connectivity index (χ0) is 25.2. The predicted octanol–water partition coefficient (Wildman–Crippen LogP) is 5.19. The summed E-state index contributed by atoms with van der Waals surface area (Å²) in [4.78, 5) is 45.3. The van der Waals surface area contributed by atoms with E-state index in [1.807, 2.05) is 43.3 Å². The summed E-state index contributed by atoms with van der Waals surface area (Å²) in [6.07, 6.45) is 1.55. The van der Waals surface area contributed by atoms with Gasteiger partial charge in [-0.2, -0.15) is 0 Å². The highest BCUT2D eigenvalue weighted by Crippen LogP contribution is 2.52. The molecule has 6 nitrogen and oxygen atoms in total. The van der Waals surface area contributed by atoms with Gasteiger partial charge in [0.1, 0.15) is 5.58 Å². The molecule has 0 fully saturated rings. The van der Waals surface area contributed by atoms with E-state index in [0.717, 1.165) is 11.1 Å². The number of hydrogen-bond acceptors (Lipinski definition) is 4. The lowest BCUT2D eigenvalue weighted by molar-refractivity contribution is -0.126. The van der Waals surface area contributed by atoms with Crippen molar-refractivity contribution in [3.05, 3.63) is 123 Å². The summed E-state index contributed by atoms with van der Waals surface area (Å²) in [7, 11) is 0. The smallest absolute Gasteiger partial charge is 0.291 e. The van der Waals surface area contributed by atoms with Gasteiger partial charge in [-0.15, -0.1) is 6.58 Å². The van der Waals surface area contributed by atoms with Crippen molar-refractivity contribution >= 4 is 40.1 Å². The molecule has 36 heavy (non-hydrogen) atoms. The molecular formula is C29H21ClN2O4. The minimum atomic E-state index is -1.67. The van der Waals surface area contributed by atoms with Crippen LogP contribution in [0.15, 0.2) is 88.6 Å². The standard InChI is InChI=1S/C29H21ClN2O4/c1-3-14-32-27(34)26-24(25(33)20-15-19(30)12-13-23(20)36-26)29(32)21-10-6-7-11-22(21)31(28(29)35)16-18-9-5-4-8-17(18)2/h3-13,15H,1,14,16H2,2H3. The number of amides is 2. The number of hydrogen-bond donors (Lipinski definition) is 0. The third-order valence-electron chi connectivity index (χ3n) is 7.10. The van der Waals surface area contributed by atoms with Crippen LogP contribution in [-0.2, 0) is 16.9 Å². The van der Waals surface area contributed by atoms with Crippen LogP contribution in [0.5, 0.6) is 0 Å². The molecular weight excluding hydrogens is 476 g/mol. The van der Waals surface area contributed by atoms with Crippen molar-refractivity contribution in [3.8, 4) is 0 Å². The summed E-state index contributed by atoms with van der Waals surface area (Å²) in [5.74, 6) is -1.04. The molecule has 178 valence electrons. The zero-order valence-electron chi connectivity index (χ0n) is 19.5. The van der Waals surface area contributed by atoms with Gasteiger partial charge >= 0.3 is 0 Å². The highest BCUT2D eigenvalue weighted by Gasteiger charge is 2.64. The Hall–Kier alpha value is -4.16. The Labute approximate surface area is 212 Å². The largest absolute Gasteiger partial charge is 0.450 e. The third kappa shape index (κ3) is 2.82. The molecule has 2 aliphatic heterocycles. The molecule has 3 heterocycles. The van der Waals surface area contributed by atoms with Gasteiger partial charge in [0.2, 0.25) is 5.76 Å². The van der Waals surface area contributed by atoms with Gasteiger partial charge in [0, 0.05) is 17.1 Å². The fourth-order valence-electron chi connectivity index (χ4n) is 5.46.